The summed E-state index contributed by atoms with van der Waals surface area (Å²) in [5, 5.41) is 3.40. The van der Waals surface area contributed by atoms with Crippen LogP contribution in [-0.2, 0) is 20.7 Å². The van der Waals surface area contributed by atoms with Crippen LogP contribution < -0.4 is 5.32 Å². The van der Waals surface area contributed by atoms with E-state index >= 15 is 0 Å². The molecule has 2 aromatic carbocycles. The third kappa shape index (κ3) is 4.80. The van der Waals surface area contributed by atoms with Crippen molar-refractivity contribution >= 4 is 11.8 Å². The van der Waals surface area contributed by atoms with Crippen LogP contribution in [-0.4, -0.2) is 23.3 Å². The smallest absolute Gasteiger partial charge is 0.336 e. The van der Waals surface area contributed by atoms with Crippen LogP contribution in [0.4, 0.5) is 0 Å². The number of esters is 1. The molecular weight excluding hydrogens is 436 g/mol. The van der Waals surface area contributed by atoms with Gasteiger partial charge in [0, 0.05) is 48.1 Å². The second-order valence-corrected chi connectivity index (χ2v) is 9.09. The summed E-state index contributed by atoms with van der Waals surface area (Å²) in [5.74, 6) is -0.724. The summed E-state index contributed by atoms with van der Waals surface area (Å²) in [6.45, 7) is 2.16. The number of dihydropyridines is 1. The third-order valence-corrected chi connectivity index (χ3v) is 6.80. The Morgan fingerprint density at radius 2 is 1.69 bits per heavy atom. The van der Waals surface area contributed by atoms with Gasteiger partial charge in [0.15, 0.2) is 5.78 Å². The van der Waals surface area contributed by atoms with E-state index in [-0.39, 0.29) is 18.3 Å². The third-order valence-electron chi connectivity index (χ3n) is 6.80. The number of rotatable bonds is 6. The van der Waals surface area contributed by atoms with Crippen LogP contribution in [0.15, 0.2) is 108 Å². The molecule has 2 heterocycles. The standard InChI is InChI=1S/C30H28N2O3/c1-20-27(30(34)35-16-14-21-9-4-2-5-10-21)28(23-13-8-15-31-19-23)29-25(32-20)17-24(18-26(29)33)22-11-6-3-7-12-22/h2-13,15,19,24,28,32H,14,16-18H2,1H3/t24-,28+/m1/s1. The lowest BCUT2D eigenvalue weighted by molar-refractivity contribution is -0.139. The van der Waals surface area contributed by atoms with Crippen molar-refractivity contribution in [1.82, 2.24) is 10.3 Å². The van der Waals surface area contributed by atoms with Gasteiger partial charge in [-0.25, -0.2) is 4.79 Å². The number of Topliss-reactive ketones (excluding diaryl/α,β-unsaturated/α-hetero) is 1. The van der Waals surface area contributed by atoms with E-state index < -0.39 is 11.9 Å². The highest BCUT2D eigenvalue weighted by Gasteiger charge is 2.41. The van der Waals surface area contributed by atoms with Gasteiger partial charge in [-0.1, -0.05) is 66.7 Å². The minimum atomic E-state index is -0.492. The molecule has 1 aromatic heterocycles. The summed E-state index contributed by atoms with van der Waals surface area (Å²) in [6, 6.07) is 23.8. The van der Waals surface area contributed by atoms with E-state index in [1.165, 1.54) is 0 Å². The first-order valence-corrected chi connectivity index (χ1v) is 12.0. The maximum atomic E-state index is 13.6. The van der Waals surface area contributed by atoms with Crippen molar-refractivity contribution in [3.8, 4) is 0 Å². The van der Waals surface area contributed by atoms with Gasteiger partial charge in [-0.05, 0) is 42.0 Å². The highest BCUT2D eigenvalue weighted by Crippen LogP contribution is 2.45. The summed E-state index contributed by atoms with van der Waals surface area (Å²) >= 11 is 0. The number of carbonyl (C=O) groups excluding carboxylic acids is 2. The Hall–Kier alpha value is -3.99. The maximum Gasteiger partial charge on any atom is 0.336 e. The number of ether oxygens (including phenoxy) is 1. The zero-order valence-corrected chi connectivity index (χ0v) is 19.7. The van der Waals surface area contributed by atoms with Gasteiger partial charge < -0.3 is 10.1 Å². The van der Waals surface area contributed by atoms with Gasteiger partial charge in [-0.3, -0.25) is 9.78 Å². The van der Waals surface area contributed by atoms with Gasteiger partial charge in [0.2, 0.25) is 0 Å². The Morgan fingerprint density at radius 3 is 2.40 bits per heavy atom. The minimum Gasteiger partial charge on any atom is -0.462 e. The molecule has 0 amide bonds. The zero-order chi connectivity index (χ0) is 24.2. The molecule has 2 aliphatic rings. The van der Waals surface area contributed by atoms with Crippen molar-refractivity contribution in [2.45, 2.75) is 38.0 Å². The topological polar surface area (TPSA) is 68.3 Å². The lowest BCUT2D eigenvalue weighted by Crippen LogP contribution is -2.36. The molecule has 1 aliphatic carbocycles. The number of carbonyl (C=O) groups is 2. The molecule has 35 heavy (non-hydrogen) atoms. The Kier molecular flexibility index (Phi) is 6.57. The highest BCUT2D eigenvalue weighted by atomic mass is 16.5. The number of benzene rings is 2. The van der Waals surface area contributed by atoms with Crippen LogP contribution >= 0.6 is 0 Å². The Bertz CT molecular complexity index is 1280. The molecule has 176 valence electrons. The van der Waals surface area contributed by atoms with E-state index in [2.05, 4.69) is 22.4 Å². The second-order valence-electron chi connectivity index (χ2n) is 9.09. The molecule has 5 rings (SSSR count). The largest absolute Gasteiger partial charge is 0.462 e. The fourth-order valence-electron chi connectivity index (χ4n) is 5.13. The number of hydrogen-bond acceptors (Lipinski definition) is 5. The van der Waals surface area contributed by atoms with Gasteiger partial charge in [0.05, 0.1) is 12.2 Å². The number of nitrogens with one attached hydrogen (secondary N) is 1. The molecule has 5 heteroatoms. The number of nitrogens with zero attached hydrogens (tertiary/aromatic N) is 1. The minimum absolute atomic E-state index is 0.0588. The van der Waals surface area contributed by atoms with Crippen molar-refractivity contribution in [3.05, 3.63) is 124 Å². The van der Waals surface area contributed by atoms with Gasteiger partial charge in [-0.2, -0.15) is 0 Å². The summed E-state index contributed by atoms with van der Waals surface area (Å²) < 4.78 is 5.72. The molecule has 5 nitrogen and oxygen atoms in total. The Labute approximate surface area is 205 Å². The van der Waals surface area contributed by atoms with Gasteiger partial charge in [0.25, 0.3) is 0 Å². The fourth-order valence-corrected chi connectivity index (χ4v) is 5.13. The van der Waals surface area contributed by atoms with E-state index in [1.54, 1.807) is 12.4 Å². The molecular formula is C30H28N2O3. The Balaban J connectivity index is 1.44. The van der Waals surface area contributed by atoms with Crippen LogP contribution in [0.25, 0.3) is 0 Å². The summed E-state index contributed by atoms with van der Waals surface area (Å²) in [5.41, 5.74) is 5.84. The Morgan fingerprint density at radius 1 is 0.971 bits per heavy atom. The molecule has 0 bridgehead atoms. The normalized spacial score (nSPS) is 19.7. The van der Waals surface area contributed by atoms with Gasteiger partial charge in [-0.15, -0.1) is 0 Å². The monoisotopic (exact) mass is 464 g/mol. The number of allylic oxidation sites excluding steroid dienone is 3. The van der Waals surface area contributed by atoms with Gasteiger partial charge >= 0.3 is 5.97 Å². The van der Waals surface area contributed by atoms with Crippen molar-refractivity contribution < 1.29 is 14.3 Å². The summed E-state index contributed by atoms with van der Waals surface area (Å²) in [4.78, 5) is 31.2. The van der Waals surface area contributed by atoms with Crippen LogP contribution in [0.3, 0.4) is 0 Å². The first-order valence-electron chi connectivity index (χ1n) is 12.0. The van der Waals surface area contributed by atoms with Gasteiger partial charge in [0.1, 0.15) is 0 Å². The highest BCUT2D eigenvalue weighted by molar-refractivity contribution is 6.04. The van der Waals surface area contributed by atoms with Crippen LogP contribution in [0.2, 0.25) is 0 Å². The van der Waals surface area contributed by atoms with Crippen molar-refractivity contribution in [3.63, 3.8) is 0 Å². The lowest BCUT2D eigenvalue weighted by atomic mass is 9.72. The van der Waals surface area contributed by atoms with Crippen molar-refractivity contribution in [1.29, 1.82) is 0 Å². The number of ketones is 1. The fraction of sp³-hybridized carbons (Fsp3) is 0.233. The molecule has 0 saturated carbocycles. The summed E-state index contributed by atoms with van der Waals surface area (Å²) in [7, 11) is 0. The number of hydrogen-bond donors (Lipinski definition) is 1. The molecule has 0 radical (unpaired) electrons. The molecule has 0 spiro atoms. The first-order chi connectivity index (χ1) is 17.1. The van der Waals surface area contributed by atoms with Crippen LogP contribution in [0.5, 0.6) is 0 Å². The second kappa shape index (κ2) is 10.1. The average molecular weight is 465 g/mol. The number of pyridine rings is 1. The summed E-state index contributed by atoms with van der Waals surface area (Å²) in [6.07, 6.45) is 5.20. The predicted octanol–water partition coefficient (Wildman–Crippen LogP) is 5.23. The zero-order valence-electron chi connectivity index (χ0n) is 19.7. The molecule has 0 fully saturated rings. The predicted molar refractivity (Wildman–Crippen MR) is 134 cm³/mol. The van der Waals surface area contributed by atoms with E-state index in [0.717, 1.165) is 34.5 Å². The SMILES string of the molecule is CC1=C(C(=O)OCCc2ccccc2)[C@H](c2cccnc2)C2=C(C[C@@H](c3ccccc3)CC2=O)N1. The first kappa shape index (κ1) is 22.8. The average Bonchev–Trinajstić information content (AvgIpc) is 2.89. The van der Waals surface area contributed by atoms with E-state index in [9.17, 15) is 9.59 Å². The molecule has 0 saturated heterocycles. The maximum absolute atomic E-state index is 13.6. The van der Waals surface area contributed by atoms with Crippen LogP contribution in [0, 0.1) is 0 Å². The van der Waals surface area contributed by atoms with E-state index in [0.29, 0.717) is 24.0 Å². The number of aromatic nitrogens is 1. The van der Waals surface area contributed by atoms with E-state index in [1.807, 2.05) is 67.6 Å². The van der Waals surface area contributed by atoms with Crippen molar-refractivity contribution in [2.24, 2.45) is 0 Å². The van der Waals surface area contributed by atoms with Crippen molar-refractivity contribution in [2.75, 3.05) is 6.61 Å². The quantitative estimate of drug-likeness (QED) is 0.506. The van der Waals surface area contributed by atoms with Crippen LogP contribution in [0.1, 0.15) is 48.3 Å². The molecule has 3 aromatic rings. The molecule has 1 N–H and O–H groups in total. The lowest BCUT2D eigenvalue weighted by Gasteiger charge is -2.36. The molecule has 1 aliphatic heterocycles. The molecule has 0 unspecified atom stereocenters. The van der Waals surface area contributed by atoms with E-state index in [4.69, 9.17) is 4.74 Å². The molecule has 2 atom stereocenters.